The molecule has 0 spiro atoms. The molecule has 1 heterocycles. The fraction of sp³-hybridized carbons (Fsp3) is 0.158. The number of imidazole rings is 1. The van der Waals surface area contributed by atoms with Crippen molar-refractivity contribution in [1.82, 2.24) is 14.9 Å². The molecular formula is C19H17BrClN3O2. The second kappa shape index (κ2) is 8.38. The van der Waals surface area contributed by atoms with Gasteiger partial charge in [-0.3, -0.25) is 4.79 Å². The number of benzene rings is 2. The quantitative estimate of drug-likeness (QED) is 0.619. The molecule has 3 rings (SSSR count). The van der Waals surface area contributed by atoms with Gasteiger partial charge in [0.1, 0.15) is 5.75 Å². The molecule has 1 atom stereocenters. The molecule has 0 fully saturated rings. The molecule has 0 aliphatic rings. The molecule has 26 heavy (non-hydrogen) atoms. The molecule has 0 saturated heterocycles. The fourth-order valence-electron chi connectivity index (χ4n) is 2.45. The van der Waals surface area contributed by atoms with E-state index in [-0.39, 0.29) is 18.6 Å². The Hall–Kier alpha value is -2.31. The normalized spacial score (nSPS) is 11.8. The number of amides is 1. The van der Waals surface area contributed by atoms with Gasteiger partial charge in [-0.25, -0.2) is 4.98 Å². The van der Waals surface area contributed by atoms with Crippen LogP contribution in [0.4, 0.5) is 0 Å². The van der Waals surface area contributed by atoms with Gasteiger partial charge in [0.25, 0.3) is 5.91 Å². The Labute approximate surface area is 165 Å². The summed E-state index contributed by atoms with van der Waals surface area (Å²) in [5.41, 5.74) is 2.02. The number of ether oxygens (including phenoxy) is 1. The molecule has 2 aromatic carbocycles. The van der Waals surface area contributed by atoms with Gasteiger partial charge in [0.2, 0.25) is 0 Å². The Morgan fingerprint density at radius 3 is 2.73 bits per heavy atom. The Balaban J connectivity index is 1.55. The predicted molar refractivity (Wildman–Crippen MR) is 105 cm³/mol. The third kappa shape index (κ3) is 4.65. The van der Waals surface area contributed by atoms with Crippen LogP contribution in [0, 0.1) is 0 Å². The first-order valence-electron chi connectivity index (χ1n) is 7.98. The molecule has 0 radical (unpaired) electrons. The topological polar surface area (TPSA) is 56.1 Å². The highest BCUT2D eigenvalue weighted by molar-refractivity contribution is 9.10. The van der Waals surface area contributed by atoms with E-state index in [0.717, 1.165) is 11.3 Å². The molecule has 1 amide bonds. The first-order valence-corrected chi connectivity index (χ1v) is 9.15. The van der Waals surface area contributed by atoms with E-state index in [1.807, 2.05) is 42.0 Å². The van der Waals surface area contributed by atoms with Crippen LogP contribution < -0.4 is 10.1 Å². The van der Waals surface area contributed by atoms with E-state index in [0.29, 0.717) is 15.2 Å². The summed E-state index contributed by atoms with van der Waals surface area (Å²) in [6.45, 7) is 1.86. The fourth-order valence-corrected chi connectivity index (χ4v) is 3.25. The lowest BCUT2D eigenvalue weighted by Crippen LogP contribution is -2.31. The van der Waals surface area contributed by atoms with Crippen molar-refractivity contribution in [2.45, 2.75) is 13.0 Å². The molecular weight excluding hydrogens is 418 g/mol. The third-order valence-corrected chi connectivity index (χ3v) is 4.68. The van der Waals surface area contributed by atoms with Crippen LogP contribution in [0.1, 0.15) is 18.5 Å². The van der Waals surface area contributed by atoms with Gasteiger partial charge in [-0.2, -0.15) is 0 Å². The standard InChI is InChI=1S/C19H17BrClN3O2/c1-13(14-2-5-16(6-3-14)24-9-8-22-12-24)23-19(25)11-26-18-7-4-15(21)10-17(18)20/h2-10,12-13H,11H2,1H3,(H,23,25)/t13-/m1/s1. The maximum atomic E-state index is 12.1. The van der Waals surface area contributed by atoms with Gasteiger partial charge >= 0.3 is 0 Å². The smallest absolute Gasteiger partial charge is 0.258 e. The average molecular weight is 435 g/mol. The number of carbonyl (C=O) groups excluding carboxylic acids is 1. The minimum Gasteiger partial charge on any atom is -0.483 e. The molecule has 0 saturated carbocycles. The Morgan fingerprint density at radius 2 is 2.08 bits per heavy atom. The van der Waals surface area contributed by atoms with E-state index in [1.54, 1.807) is 30.7 Å². The minimum atomic E-state index is -0.196. The van der Waals surface area contributed by atoms with Crippen LogP contribution in [0.25, 0.3) is 5.69 Å². The predicted octanol–water partition coefficient (Wildman–Crippen LogP) is 4.54. The van der Waals surface area contributed by atoms with Crippen molar-refractivity contribution in [3.63, 3.8) is 0 Å². The monoisotopic (exact) mass is 433 g/mol. The Bertz CT molecular complexity index is 882. The number of halogens is 2. The molecule has 0 bridgehead atoms. The molecule has 134 valence electrons. The van der Waals surface area contributed by atoms with Crippen molar-refractivity contribution in [2.75, 3.05) is 6.61 Å². The van der Waals surface area contributed by atoms with E-state index < -0.39 is 0 Å². The molecule has 3 aromatic rings. The molecule has 1 N–H and O–H groups in total. The van der Waals surface area contributed by atoms with Crippen molar-refractivity contribution in [3.05, 3.63) is 76.2 Å². The minimum absolute atomic E-state index is 0.0717. The molecule has 0 aliphatic heterocycles. The summed E-state index contributed by atoms with van der Waals surface area (Å²) in [5.74, 6) is 0.375. The van der Waals surface area contributed by atoms with Crippen LogP contribution in [0.15, 0.2) is 65.7 Å². The van der Waals surface area contributed by atoms with E-state index in [9.17, 15) is 4.79 Å². The number of hydrogen-bond donors (Lipinski definition) is 1. The maximum absolute atomic E-state index is 12.1. The molecule has 0 unspecified atom stereocenters. The number of rotatable bonds is 6. The number of carbonyl (C=O) groups is 1. The summed E-state index contributed by atoms with van der Waals surface area (Å²) in [7, 11) is 0. The van der Waals surface area contributed by atoms with E-state index >= 15 is 0 Å². The van der Waals surface area contributed by atoms with E-state index in [4.69, 9.17) is 16.3 Å². The van der Waals surface area contributed by atoms with Gasteiger partial charge in [0.05, 0.1) is 16.8 Å². The zero-order valence-corrected chi connectivity index (χ0v) is 16.4. The summed E-state index contributed by atoms with van der Waals surface area (Å²) in [6.07, 6.45) is 5.36. The lowest BCUT2D eigenvalue weighted by atomic mass is 10.1. The van der Waals surface area contributed by atoms with Gasteiger partial charge in [-0.05, 0) is 58.7 Å². The van der Waals surface area contributed by atoms with Crippen molar-refractivity contribution < 1.29 is 9.53 Å². The van der Waals surface area contributed by atoms with Crippen LogP contribution in [-0.2, 0) is 4.79 Å². The van der Waals surface area contributed by atoms with Crippen LogP contribution in [-0.4, -0.2) is 22.1 Å². The number of hydrogen-bond acceptors (Lipinski definition) is 3. The highest BCUT2D eigenvalue weighted by Crippen LogP contribution is 2.27. The average Bonchev–Trinajstić information content (AvgIpc) is 3.16. The van der Waals surface area contributed by atoms with Gasteiger partial charge in [-0.1, -0.05) is 23.7 Å². The van der Waals surface area contributed by atoms with Crippen LogP contribution in [0.5, 0.6) is 5.75 Å². The highest BCUT2D eigenvalue weighted by Gasteiger charge is 2.11. The maximum Gasteiger partial charge on any atom is 0.258 e. The summed E-state index contributed by atoms with van der Waals surface area (Å²) in [4.78, 5) is 16.2. The van der Waals surface area contributed by atoms with Gasteiger partial charge < -0.3 is 14.6 Å². The highest BCUT2D eigenvalue weighted by atomic mass is 79.9. The van der Waals surface area contributed by atoms with E-state index in [1.165, 1.54) is 0 Å². The number of nitrogens with zero attached hydrogens (tertiary/aromatic N) is 2. The summed E-state index contributed by atoms with van der Waals surface area (Å²) in [6, 6.07) is 13.0. The molecule has 1 aromatic heterocycles. The van der Waals surface area contributed by atoms with Crippen LogP contribution >= 0.6 is 27.5 Å². The lowest BCUT2D eigenvalue weighted by molar-refractivity contribution is -0.123. The lowest BCUT2D eigenvalue weighted by Gasteiger charge is -2.16. The van der Waals surface area contributed by atoms with Crippen molar-refractivity contribution in [1.29, 1.82) is 0 Å². The summed E-state index contributed by atoms with van der Waals surface area (Å²) >= 11 is 9.25. The zero-order chi connectivity index (χ0) is 18.5. The van der Waals surface area contributed by atoms with Crippen molar-refractivity contribution >= 4 is 33.4 Å². The van der Waals surface area contributed by atoms with Crippen molar-refractivity contribution in [3.8, 4) is 11.4 Å². The Morgan fingerprint density at radius 1 is 1.31 bits per heavy atom. The summed E-state index contributed by atoms with van der Waals surface area (Å²) in [5, 5.41) is 3.53. The molecule has 0 aliphatic carbocycles. The van der Waals surface area contributed by atoms with Gasteiger partial charge in [-0.15, -0.1) is 0 Å². The first-order chi connectivity index (χ1) is 12.5. The first kappa shape index (κ1) is 18.5. The Kier molecular flexibility index (Phi) is 5.96. The van der Waals surface area contributed by atoms with Crippen LogP contribution in [0.3, 0.4) is 0 Å². The molecule has 5 nitrogen and oxygen atoms in total. The summed E-state index contributed by atoms with van der Waals surface area (Å²) < 4.78 is 8.16. The second-order valence-electron chi connectivity index (χ2n) is 5.71. The third-order valence-electron chi connectivity index (χ3n) is 3.83. The SMILES string of the molecule is C[C@@H](NC(=O)COc1ccc(Cl)cc1Br)c1ccc(-n2ccnc2)cc1. The van der Waals surface area contributed by atoms with E-state index in [2.05, 4.69) is 26.2 Å². The zero-order valence-electron chi connectivity index (χ0n) is 14.0. The van der Waals surface area contributed by atoms with Crippen molar-refractivity contribution in [2.24, 2.45) is 0 Å². The second-order valence-corrected chi connectivity index (χ2v) is 7.00. The number of nitrogens with one attached hydrogen (secondary N) is 1. The van der Waals surface area contributed by atoms with Gasteiger partial charge in [0, 0.05) is 23.1 Å². The molecule has 7 heteroatoms. The number of aromatic nitrogens is 2. The van der Waals surface area contributed by atoms with Gasteiger partial charge in [0.15, 0.2) is 6.61 Å². The van der Waals surface area contributed by atoms with Crippen LogP contribution in [0.2, 0.25) is 5.02 Å². The largest absolute Gasteiger partial charge is 0.483 e.